The number of ether oxygens (including phenoxy) is 1. The lowest BCUT2D eigenvalue weighted by Gasteiger charge is -2.05. The molecule has 2 aromatic heterocycles. The number of anilines is 3. The largest absolute Gasteiger partial charge is 0.494 e. The van der Waals surface area contributed by atoms with Gasteiger partial charge in [-0.1, -0.05) is 46.3 Å². The summed E-state index contributed by atoms with van der Waals surface area (Å²) < 4.78 is 6.08. The lowest BCUT2D eigenvalue weighted by Crippen LogP contribution is -2.15. The maximum Gasteiger partial charge on any atom is 0.236 e. The van der Waals surface area contributed by atoms with Crippen molar-refractivity contribution in [2.45, 2.75) is 11.3 Å². The molecule has 0 atom stereocenters. The topological polar surface area (TPSA) is 89.0 Å². The highest BCUT2D eigenvalue weighted by molar-refractivity contribution is 8.01. The number of nitrogens with one attached hydrogen (secondary N) is 2. The van der Waals surface area contributed by atoms with Gasteiger partial charge < -0.3 is 15.4 Å². The highest BCUT2D eigenvalue weighted by Crippen LogP contribution is 2.29. The number of halogens is 2. The molecule has 146 valence electrons. The Balaban J connectivity index is 1.50. The number of nitrogens with zero attached hydrogens (tertiary/aromatic N) is 3. The number of amides is 1. The molecule has 3 aromatic rings. The van der Waals surface area contributed by atoms with Crippen LogP contribution in [0.1, 0.15) is 6.92 Å². The normalized spacial score (nSPS) is 10.5. The number of benzene rings is 1. The number of aromatic nitrogens is 3. The second-order valence-corrected chi connectivity index (χ2v) is 8.32. The van der Waals surface area contributed by atoms with Crippen LogP contribution in [0.25, 0.3) is 0 Å². The van der Waals surface area contributed by atoms with Gasteiger partial charge in [-0.15, -0.1) is 10.2 Å². The Bertz CT molecular complexity index is 953. The van der Waals surface area contributed by atoms with Gasteiger partial charge in [0.2, 0.25) is 11.0 Å². The van der Waals surface area contributed by atoms with Gasteiger partial charge in [-0.25, -0.2) is 4.98 Å². The third kappa shape index (κ3) is 5.96. The molecule has 0 fully saturated rings. The van der Waals surface area contributed by atoms with Gasteiger partial charge in [-0.3, -0.25) is 4.79 Å². The van der Waals surface area contributed by atoms with Crippen LogP contribution in [0.3, 0.4) is 0 Å². The summed E-state index contributed by atoms with van der Waals surface area (Å²) in [5.41, 5.74) is 0.873. The summed E-state index contributed by atoms with van der Waals surface area (Å²) in [5, 5.41) is 15.3. The van der Waals surface area contributed by atoms with Gasteiger partial charge in [0.15, 0.2) is 10.2 Å². The SMILES string of the molecule is CCOc1ccc(Nc2nnc(SCC(=O)Nc3ncc(Cl)cc3Cl)s2)cc1. The second-order valence-electron chi connectivity index (χ2n) is 5.28. The number of carbonyl (C=O) groups excluding carboxylic acids is 1. The predicted octanol–water partition coefficient (Wildman–Crippen LogP) is 5.11. The van der Waals surface area contributed by atoms with Gasteiger partial charge in [-0.2, -0.15) is 0 Å². The van der Waals surface area contributed by atoms with Crippen molar-refractivity contribution in [3.63, 3.8) is 0 Å². The van der Waals surface area contributed by atoms with Crippen LogP contribution in [0.4, 0.5) is 16.6 Å². The van der Waals surface area contributed by atoms with E-state index in [4.69, 9.17) is 27.9 Å². The van der Waals surface area contributed by atoms with E-state index in [2.05, 4.69) is 25.8 Å². The summed E-state index contributed by atoms with van der Waals surface area (Å²) in [6, 6.07) is 9.07. The minimum absolute atomic E-state index is 0.151. The van der Waals surface area contributed by atoms with Crippen LogP contribution in [-0.2, 0) is 4.79 Å². The van der Waals surface area contributed by atoms with Crippen LogP contribution in [0.5, 0.6) is 5.75 Å². The average Bonchev–Trinajstić information content (AvgIpc) is 3.12. The van der Waals surface area contributed by atoms with Gasteiger partial charge in [-0.05, 0) is 37.3 Å². The minimum Gasteiger partial charge on any atom is -0.494 e. The Labute approximate surface area is 179 Å². The van der Waals surface area contributed by atoms with E-state index >= 15 is 0 Å². The lowest BCUT2D eigenvalue weighted by atomic mass is 10.3. The zero-order chi connectivity index (χ0) is 19.9. The van der Waals surface area contributed by atoms with Gasteiger partial charge in [0.05, 0.1) is 22.4 Å². The molecule has 0 aliphatic carbocycles. The molecule has 1 amide bonds. The van der Waals surface area contributed by atoms with E-state index in [0.717, 1.165) is 11.4 Å². The van der Waals surface area contributed by atoms with Crippen LogP contribution >= 0.6 is 46.3 Å². The Kier molecular flexibility index (Phi) is 7.32. The molecule has 0 saturated carbocycles. The number of hydrogen-bond donors (Lipinski definition) is 2. The number of carbonyl (C=O) groups is 1. The van der Waals surface area contributed by atoms with E-state index in [1.165, 1.54) is 35.4 Å². The third-order valence-electron chi connectivity index (χ3n) is 3.22. The molecule has 0 bridgehead atoms. The summed E-state index contributed by atoms with van der Waals surface area (Å²) in [7, 11) is 0. The van der Waals surface area contributed by atoms with Crippen molar-refractivity contribution in [1.29, 1.82) is 0 Å². The molecule has 2 heterocycles. The molecule has 11 heteroatoms. The van der Waals surface area contributed by atoms with Crippen LogP contribution in [0, 0.1) is 0 Å². The molecule has 0 aliphatic heterocycles. The van der Waals surface area contributed by atoms with E-state index in [1.807, 2.05) is 31.2 Å². The Hall–Kier alpha value is -2.07. The summed E-state index contributed by atoms with van der Waals surface area (Å²) in [4.78, 5) is 16.1. The van der Waals surface area contributed by atoms with Crippen LogP contribution < -0.4 is 15.4 Å². The Morgan fingerprint density at radius 1 is 1.25 bits per heavy atom. The van der Waals surface area contributed by atoms with E-state index in [-0.39, 0.29) is 22.5 Å². The van der Waals surface area contributed by atoms with Crippen molar-refractivity contribution >= 4 is 68.8 Å². The Morgan fingerprint density at radius 3 is 2.75 bits per heavy atom. The smallest absolute Gasteiger partial charge is 0.236 e. The van der Waals surface area contributed by atoms with Crippen LogP contribution in [0.2, 0.25) is 10.0 Å². The number of rotatable bonds is 8. The lowest BCUT2D eigenvalue weighted by molar-refractivity contribution is -0.113. The van der Waals surface area contributed by atoms with Gasteiger partial charge >= 0.3 is 0 Å². The molecular formula is C17H15Cl2N5O2S2. The molecular weight excluding hydrogens is 441 g/mol. The zero-order valence-corrected chi connectivity index (χ0v) is 17.8. The van der Waals surface area contributed by atoms with Crippen molar-refractivity contribution in [2.75, 3.05) is 23.0 Å². The minimum atomic E-state index is -0.252. The standard InChI is InChI=1S/C17H15Cl2N5O2S2/c1-2-26-12-5-3-11(4-6-12)21-16-23-24-17(28-16)27-9-14(25)22-15-13(19)7-10(18)8-20-15/h3-8H,2,9H2,1H3,(H,21,23)(H,20,22,25). The summed E-state index contributed by atoms with van der Waals surface area (Å²) in [6.45, 7) is 2.56. The molecule has 1 aromatic carbocycles. The van der Waals surface area contributed by atoms with Crippen molar-refractivity contribution in [2.24, 2.45) is 0 Å². The third-order valence-corrected chi connectivity index (χ3v) is 5.68. The van der Waals surface area contributed by atoms with E-state index in [1.54, 1.807) is 0 Å². The Morgan fingerprint density at radius 2 is 2.04 bits per heavy atom. The molecule has 0 unspecified atom stereocenters. The number of hydrogen-bond acceptors (Lipinski definition) is 8. The summed E-state index contributed by atoms with van der Waals surface area (Å²) >= 11 is 14.4. The fraction of sp³-hybridized carbons (Fsp3) is 0.176. The maximum absolute atomic E-state index is 12.1. The van der Waals surface area contributed by atoms with Gasteiger partial charge in [0.1, 0.15) is 5.75 Å². The first-order valence-electron chi connectivity index (χ1n) is 8.10. The molecule has 0 spiro atoms. The average molecular weight is 456 g/mol. The van der Waals surface area contributed by atoms with Gasteiger partial charge in [0, 0.05) is 11.9 Å². The van der Waals surface area contributed by atoms with Gasteiger partial charge in [0.25, 0.3) is 0 Å². The van der Waals surface area contributed by atoms with E-state index in [0.29, 0.717) is 21.1 Å². The molecule has 7 nitrogen and oxygen atoms in total. The highest BCUT2D eigenvalue weighted by atomic mass is 35.5. The van der Waals surface area contributed by atoms with Crippen molar-refractivity contribution in [3.05, 3.63) is 46.6 Å². The quantitative estimate of drug-likeness (QED) is 0.455. The monoisotopic (exact) mass is 455 g/mol. The first-order valence-corrected chi connectivity index (χ1v) is 10.7. The fourth-order valence-corrected chi connectivity index (χ4v) is 4.04. The molecule has 0 radical (unpaired) electrons. The second kappa shape index (κ2) is 9.92. The van der Waals surface area contributed by atoms with Crippen molar-refractivity contribution in [3.8, 4) is 5.75 Å². The molecule has 0 aliphatic rings. The fourth-order valence-electron chi connectivity index (χ4n) is 2.05. The maximum atomic E-state index is 12.1. The highest BCUT2D eigenvalue weighted by Gasteiger charge is 2.11. The summed E-state index contributed by atoms with van der Waals surface area (Å²) in [5.74, 6) is 0.978. The first-order chi connectivity index (χ1) is 13.5. The van der Waals surface area contributed by atoms with Crippen LogP contribution in [0.15, 0.2) is 40.9 Å². The number of thioether (sulfide) groups is 1. The molecule has 3 rings (SSSR count). The summed E-state index contributed by atoms with van der Waals surface area (Å²) in [6.07, 6.45) is 1.42. The zero-order valence-electron chi connectivity index (χ0n) is 14.6. The van der Waals surface area contributed by atoms with E-state index < -0.39 is 0 Å². The molecule has 2 N–H and O–H groups in total. The number of pyridine rings is 1. The molecule has 28 heavy (non-hydrogen) atoms. The van der Waals surface area contributed by atoms with E-state index in [9.17, 15) is 4.79 Å². The predicted molar refractivity (Wildman–Crippen MR) is 114 cm³/mol. The van der Waals surface area contributed by atoms with Crippen molar-refractivity contribution < 1.29 is 9.53 Å². The van der Waals surface area contributed by atoms with Crippen molar-refractivity contribution in [1.82, 2.24) is 15.2 Å². The first kappa shape index (κ1) is 20.7. The van der Waals surface area contributed by atoms with Crippen LogP contribution in [-0.4, -0.2) is 33.4 Å². The molecule has 0 saturated heterocycles.